The number of nitrogens with one attached hydrogen (secondary N) is 1. The number of amides is 1. The molecular weight excluding hydrogens is 342 g/mol. The van der Waals surface area contributed by atoms with Crippen LogP contribution in [0.1, 0.15) is 30.1 Å². The van der Waals surface area contributed by atoms with Gasteiger partial charge in [0.15, 0.2) is 11.5 Å². The lowest BCUT2D eigenvalue weighted by molar-refractivity contribution is -0.131. The molecule has 1 unspecified atom stereocenters. The van der Waals surface area contributed by atoms with Crippen LogP contribution in [0, 0.1) is 0 Å². The van der Waals surface area contributed by atoms with Gasteiger partial charge >= 0.3 is 0 Å². The summed E-state index contributed by atoms with van der Waals surface area (Å²) >= 11 is 0. The van der Waals surface area contributed by atoms with E-state index in [4.69, 9.17) is 9.47 Å². The third-order valence-corrected chi connectivity index (χ3v) is 5.23. The van der Waals surface area contributed by atoms with Gasteiger partial charge in [0.05, 0.1) is 37.9 Å². The van der Waals surface area contributed by atoms with E-state index in [1.165, 1.54) is 0 Å². The van der Waals surface area contributed by atoms with Gasteiger partial charge < -0.3 is 14.4 Å². The highest BCUT2D eigenvalue weighted by atomic mass is 16.5. The van der Waals surface area contributed by atoms with Crippen molar-refractivity contribution in [3.63, 3.8) is 0 Å². The van der Waals surface area contributed by atoms with Crippen molar-refractivity contribution in [3.8, 4) is 11.5 Å². The Labute approximate surface area is 158 Å². The van der Waals surface area contributed by atoms with E-state index in [2.05, 4.69) is 10.2 Å². The Hall–Kier alpha value is -3.02. The van der Waals surface area contributed by atoms with Crippen molar-refractivity contribution in [2.24, 2.45) is 0 Å². The zero-order chi connectivity index (χ0) is 18.8. The minimum Gasteiger partial charge on any atom is -0.493 e. The molecule has 1 aliphatic rings. The summed E-state index contributed by atoms with van der Waals surface area (Å²) in [6.45, 7) is 0.768. The monoisotopic (exact) mass is 365 g/mol. The SMILES string of the molecule is COc1ccc(C2CCCN2C(=O)Cc2[nH]nc3ccccc23)cc1OC. The molecule has 0 saturated carbocycles. The van der Waals surface area contributed by atoms with E-state index in [-0.39, 0.29) is 11.9 Å². The molecule has 27 heavy (non-hydrogen) atoms. The molecule has 0 spiro atoms. The highest BCUT2D eigenvalue weighted by molar-refractivity contribution is 5.87. The third kappa shape index (κ3) is 3.23. The summed E-state index contributed by atoms with van der Waals surface area (Å²) in [6.07, 6.45) is 2.27. The van der Waals surface area contributed by atoms with Gasteiger partial charge in [-0.3, -0.25) is 9.89 Å². The molecule has 1 aromatic heterocycles. The number of fused-ring (bicyclic) bond motifs is 1. The minimum atomic E-state index is 0.0616. The highest BCUT2D eigenvalue weighted by Crippen LogP contribution is 2.37. The first-order valence-electron chi connectivity index (χ1n) is 9.14. The van der Waals surface area contributed by atoms with Crippen LogP contribution in [-0.4, -0.2) is 41.8 Å². The summed E-state index contributed by atoms with van der Waals surface area (Å²) in [6, 6.07) is 13.8. The van der Waals surface area contributed by atoms with Crippen molar-refractivity contribution in [2.45, 2.75) is 25.3 Å². The normalized spacial score (nSPS) is 16.7. The second-order valence-electron chi connectivity index (χ2n) is 6.76. The number of carbonyl (C=O) groups is 1. The summed E-state index contributed by atoms with van der Waals surface area (Å²) in [7, 11) is 3.25. The third-order valence-electron chi connectivity index (χ3n) is 5.23. The van der Waals surface area contributed by atoms with Crippen LogP contribution in [0.4, 0.5) is 0 Å². The van der Waals surface area contributed by atoms with E-state index in [0.29, 0.717) is 17.9 Å². The van der Waals surface area contributed by atoms with Gasteiger partial charge in [-0.1, -0.05) is 24.3 Å². The summed E-state index contributed by atoms with van der Waals surface area (Å²) in [5, 5.41) is 8.32. The molecule has 1 amide bonds. The van der Waals surface area contributed by atoms with E-state index in [9.17, 15) is 4.79 Å². The molecule has 6 nitrogen and oxygen atoms in total. The number of aromatic nitrogens is 2. The molecule has 2 heterocycles. The number of H-pyrrole nitrogens is 1. The molecule has 0 aliphatic carbocycles. The van der Waals surface area contributed by atoms with E-state index >= 15 is 0 Å². The number of nitrogens with zero attached hydrogens (tertiary/aromatic N) is 2. The van der Waals surface area contributed by atoms with E-state index in [0.717, 1.165) is 41.5 Å². The van der Waals surface area contributed by atoms with Crippen LogP contribution < -0.4 is 9.47 Å². The number of hydrogen-bond donors (Lipinski definition) is 1. The Morgan fingerprint density at radius 1 is 1.19 bits per heavy atom. The minimum absolute atomic E-state index is 0.0616. The molecule has 1 fully saturated rings. The molecule has 3 aromatic rings. The lowest BCUT2D eigenvalue weighted by atomic mass is 10.0. The van der Waals surface area contributed by atoms with Crippen LogP contribution >= 0.6 is 0 Å². The fraction of sp³-hybridized carbons (Fsp3) is 0.333. The number of hydrogen-bond acceptors (Lipinski definition) is 4. The van der Waals surface area contributed by atoms with Crippen LogP contribution in [0.15, 0.2) is 42.5 Å². The molecule has 0 bridgehead atoms. The number of benzene rings is 2. The van der Waals surface area contributed by atoms with Gasteiger partial charge in [-0.15, -0.1) is 0 Å². The van der Waals surface area contributed by atoms with Crippen LogP contribution in [0.5, 0.6) is 11.5 Å². The predicted octanol–water partition coefficient (Wildman–Crippen LogP) is 3.49. The molecule has 1 N–H and O–H groups in total. The molecular formula is C21H23N3O3. The summed E-state index contributed by atoms with van der Waals surface area (Å²) in [5.74, 6) is 1.50. The van der Waals surface area contributed by atoms with Crippen LogP contribution in [0.2, 0.25) is 0 Å². The fourth-order valence-electron chi connectivity index (χ4n) is 3.87. The van der Waals surface area contributed by atoms with Gasteiger partial charge in [0.25, 0.3) is 0 Å². The maximum Gasteiger partial charge on any atom is 0.229 e. The number of para-hydroxylation sites is 1. The lowest BCUT2D eigenvalue weighted by Gasteiger charge is -2.25. The van der Waals surface area contributed by atoms with Crippen molar-refractivity contribution in [2.75, 3.05) is 20.8 Å². The Morgan fingerprint density at radius 3 is 2.81 bits per heavy atom. The van der Waals surface area contributed by atoms with Gasteiger partial charge in [0.2, 0.25) is 5.91 Å². The Morgan fingerprint density at radius 2 is 2.00 bits per heavy atom. The van der Waals surface area contributed by atoms with Crippen molar-refractivity contribution >= 4 is 16.8 Å². The fourth-order valence-corrected chi connectivity index (χ4v) is 3.87. The van der Waals surface area contributed by atoms with Crippen molar-refractivity contribution in [3.05, 3.63) is 53.7 Å². The smallest absolute Gasteiger partial charge is 0.229 e. The molecule has 1 saturated heterocycles. The first-order valence-corrected chi connectivity index (χ1v) is 9.14. The predicted molar refractivity (Wildman–Crippen MR) is 103 cm³/mol. The second-order valence-corrected chi connectivity index (χ2v) is 6.76. The van der Waals surface area contributed by atoms with Gasteiger partial charge in [0.1, 0.15) is 0 Å². The number of rotatable bonds is 5. The van der Waals surface area contributed by atoms with Crippen molar-refractivity contribution in [1.82, 2.24) is 15.1 Å². The molecule has 0 radical (unpaired) electrons. The molecule has 140 valence electrons. The van der Waals surface area contributed by atoms with Crippen LogP contribution in [0.25, 0.3) is 10.9 Å². The van der Waals surface area contributed by atoms with E-state index < -0.39 is 0 Å². The standard InChI is InChI=1S/C21H23N3O3/c1-26-19-10-9-14(12-20(19)27-2)18-8-5-11-24(18)21(25)13-17-15-6-3-4-7-16(15)22-23-17/h3-4,6-7,9-10,12,18H,5,8,11,13H2,1-2H3,(H,22,23). The van der Waals surface area contributed by atoms with E-state index in [1.807, 2.05) is 47.4 Å². The lowest BCUT2D eigenvalue weighted by Crippen LogP contribution is -2.32. The van der Waals surface area contributed by atoms with Crippen molar-refractivity contribution < 1.29 is 14.3 Å². The van der Waals surface area contributed by atoms with Gasteiger partial charge in [-0.05, 0) is 36.6 Å². The Balaban J connectivity index is 1.57. The highest BCUT2D eigenvalue weighted by Gasteiger charge is 2.31. The van der Waals surface area contributed by atoms with Crippen molar-refractivity contribution in [1.29, 1.82) is 0 Å². The average molecular weight is 365 g/mol. The van der Waals surface area contributed by atoms with Gasteiger partial charge in [-0.2, -0.15) is 5.10 Å². The first-order chi connectivity index (χ1) is 13.2. The number of carbonyl (C=O) groups excluding carboxylic acids is 1. The quantitative estimate of drug-likeness (QED) is 0.752. The zero-order valence-electron chi connectivity index (χ0n) is 15.6. The molecule has 1 atom stereocenters. The second kappa shape index (κ2) is 7.31. The number of ether oxygens (including phenoxy) is 2. The Bertz CT molecular complexity index is 966. The Kier molecular flexibility index (Phi) is 4.71. The number of methoxy groups -OCH3 is 2. The largest absolute Gasteiger partial charge is 0.493 e. The number of likely N-dealkylation sites (tertiary alicyclic amines) is 1. The average Bonchev–Trinajstić information content (AvgIpc) is 3.35. The molecule has 4 rings (SSSR count). The van der Waals surface area contributed by atoms with Gasteiger partial charge in [-0.25, -0.2) is 0 Å². The zero-order valence-corrected chi connectivity index (χ0v) is 15.6. The maximum atomic E-state index is 13.0. The van der Waals surface area contributed by atoms with Crippen LogP contribution in [0.3, 0.4) is 0 Å². The van der Waals surface area contributed by atoms with Gasteiger partial charge in [0, 0.05) is 11.9 Å². The molecule has 2 aromatic carbocycles. The summed E-state index contributed by atoms with van der Waals surface area (Å²) in [4.78, 5) is 15.0. The molecule has 6 heteroatoms. The van der Waals surface area contributed by atoms with Crippen LogP contribution in [-0.2, 0) is 11.2 Å². The topological polar surface area (TPSA) is 67.5 Å². The first kappa shape index (κ1) is 17.4. The number of aromatic amines is 1. The summed E-state index contributed by atoms with van der Waals surface area (Å²) in [5.41, 5.74) is 2.83. The molecule has 1 aliphatic heterocycles. The maximum absolute atomic E-state index is 13.0. The van der Waals surface area contributed by atoms with E-state index in [1.54, 1.807) is 14.2 Å². The summed E-state index contributed by atoms with van der Waals surface area (Å²) < 4.78 is 10.7.